The maximum Gasteiger partial charge on any atom is 0.266 e. The van der Waals surface area contributed by atoms with E-state index >= 15 is 0 Å². The van der Waals surface area contributed by atoms with E-state index in [1.165, 1.54) is 10.5 Å². The Morgan fingerprint density at radius 2 is 1.74 bits per heavy atom. The summed E-state index contributed by atoms with van der Waals surface area (Å²) >= 11 is 0. The zero-order valence-corrected chi connectivity index (χ0v) is 19.0. The summed E-state index contributed by atoms with van der Waals surface area (Å²) in [5.41, 5.74) is 3.60. The standard InChI is InChI=1S/C25H29N5O4/c26-30-23(31)9-8-21(25(30)33)29-15-20-19(24(29)32)2-1-3-22(20)34-16-18-6-4-17(5-7-18)14-28-12-10-27-11-13-28/h1-7,21,27H,8-16,26H2. The maximum atomic E-state index is 13.0. The van der Waals surface area contributed by atoms with Crippen LogP contribution in [0.1, 0.15) is 39.9 Å². The highest BCUT2D eigenvalue weighted by atomic mass is 16.5. The number of rotatable bonds is 6. The van der Waals surface area contributed by atoms with Crippen molar-refractivity contribution in [2.24, 2.45) is 5.84 Å². The van der Waals surface area contributed by atoms with Crippen molar-refractivity contribution in [3.63, 3.8) is 0 Å². The van der Waals surface area contributed by atoms with Crippen molar-refractivity contribution < 1.29 is 19.1 Å². The summed E-state index contributed by atoms with van der Waals surface area (Å²) in [5.74, 6) is 5.03. The van der Waals surface area contributed by atoms with Gasteiger partial charge in [0.15, 0.2) is 0 Å². The van der Waals surface area contributed by atoms with Crippen molar-refractivity contribution in [1.82, 2.24) is 20.1 Å². The second-order valence-electron chi connectivity index (χ2n) is 9.00. The zero-order valence-electron chi connectivity index (χ0n) is 19.0. The zero-order chi connectivity index (χ0) is 23.7. The summed E-state index contributed by atoms with van der Waals surface area (Å²) in [4.78, 5) is 41.2. The van der Waals surface area contributed by atoms with Crippen LogP contribution in [0.3, 0.4) is 0 Å². The summed E-state index contributed by atoms with van der Waals surface area (Å²) in [6.45, 7) is 5.77. The fraction of sp³-hybridized carbons (Fsp3) is 0.400. The van der Waals surface area contributed by atoms with Crippen LogP contribution in [0.15, 0.2) is 42.5 Å². The summed E-state index contributed by atoms with van der Waals surface area (Å²) in [7, 11) is 0. The number of nitrogens with two attached hydrogens (primary N) is 1. The molecule has 178 valence electrons. The Labute approximate surface area is 198 Å². The topological polar surface area (TPSA) is 108 Å². The van der Waals surface area contributed by atoms with Gasteiger partial charge in [-0.2, -0.15) is 0 Å². The van der Waals surface area contributed by atoms with Crippen LogP contribution in [0.2, 0.25) is 0 Å². The lowest BCUT2D eigenvalue weighted by molar-refractivity contribution is -0.152. The summed E-state index contributed by atoms with van der Waals surface area (Å²) < 4.78 is 6.10. The summed E-state index contributed by atoms with van der Waals surface area (Å²) in [5, 5.41) is 4.00. The molecule has 3 heterocycles. The fourth-order valence-electron chi connectivity index (χ4n) is 4.82. The Morgan fingerprint density at radius 3 is 2.50 bits per heavy atom. The number of piperazine rings is 1. The molecular formula is C25H29N5O4. The first-order chi connectivity index (χ1) is 16.5. The molecule has 1 unspecified atom stereocenters. The molecule has 2 aromatic carbocycles. The average Bonchev–Trinajstić information content (AvgIpc) is 3.20. The number of piperidine rings is 1. The molecule has 0 saturated carbocycles. The van der Waals surface area contributed by atoms with Crippen LogP contribution >= 0.6 is 0 Å². The third-order valence-corrected chi connectivity index (χ3v) is 6.78. The largest absolute Gasteiger partial charge is 0.489 e. The molecule has 0 radical (unpaired) electrons. The van der Waals surface area contributed by atoms with Crippen LogP contribution in [0.4, 0.5) is 0 Å². The van der Waals surface area contributed by atoms with Gasteiger partial charge in [0.1, 0.15) is 18.4 Å². The second kappa shape index (κ2) is 9.54. The van der Waals surface area contributed by atoms with E-state index in [0.29, 0.717) is 22.9 Å². The van der Waals surface area contributed by atoms with E-state index < -0.39 is 17.9 Å². The van der Waals surface area contributed by atoms with Gasteiger partial charge in [-0.1, -0.05) is 30.3 Å². The number of amides is 3. The second-order valence-corrected chi connectivity index (χ2v) is 9.00. The highest BCUT2D eigenvalue weighted by molar-refractivity contribution is 6.05. The highest BCUT2D eigenvalue weighted by Gasteiger charge is 2.42. The molecule has 0 aliphatic carbocycles. The number of ether oxygens (including phenoxy) is 1. The molecule has 3 amide bonds. The number of carbonyl (C=O) groups is 3. The first kappa shape index (κ1) is 22.5. The minimum atomic E-state index is -0.737. The molecule has 9 heteroatoms. The van der Waals surface area contributed by atoms with Crippen LogP contribution in [-0.4, -0.2) is 64.8 Å². The Kier molecular flexibility index (Phi) is 6.32. The van der Waals surface area contributed by atoms with Crippen LogP contribution in [0.5, 0.6) is 5.75 Å². The van der Waals surface area contributed by atoms with Crippen molar-refractivity contribution in [2.45, 2.75) is 38.6 Å². The predicted molar refractivity (Wildman–Crippen MR) is 124 cm³/mol. The van der Waals surface area contributed by atoms with Crippen molar-refractivity contribution in [3.8, 4) is 5.75 Å². The number of imide groups is 1. The molecule has 2 aromatic rings. The van der Waals surface area contributed by atoms with Crippen LogP contribution < -0.4 is 15.9 Å². The molecule has 1 atom stereocenters. The van der Waals surface area contributed by atoms with E-state index in [1.54, 1.807) is 12.1 Å². The molecule has 0 bridgehead atoms. The van der Waals surface area contributed by atoms with Gasteiger partial charge in [-0.25, -0.2) is 10.9 Å². The maximum absolute atomic E-state index is 13.0. The molecule has 2 fully saturated rings. The normalized spacial score (nSPS) is 21.2. The third-order valence-electron chi connectivity index (χ3n) is 6.78. The number of hydrazine groups is 1. The molecule has 0 spiro atoms. The van der Waals surface area contributed by atoms with E-state index in [0.717, 1.165) is 43.9 Å². The highest BCUT2D eigenvalue weighted by Crippen LogP contribution is 2.34. The lowest BCUT2D eigenvalue weighted by Gasteiger charge is -2.33. The smallest absolute Gasteiger partial charge is 0.266 e. The third kappa shape index (κ3) is 4.42. The Bertz CT molecular complexity index is 1100. The Balaban J connectivity index is 1.24. The SMILES string of the molecule is NN1C(=O)CCC(N2Cc3c(OCc4ccc(CN5CCNCC5)cc4)cccc3C2=O)C1=O. The van der Waals surface area contributed by atoms with Gasteiger partial charge in [-0.05, 0) is 29.7 Å². The Hall–Kier alpha value is -3.27. The van der Waals surface area contributed by atoms with E-state index in [9.17, 15) is 14.4 Å². The van der Waals surface area contributed by atoms with Crippen LogP contribution in [0.25, 0.3) is 0 Å². The molecule has 9 nitrogen and oxygen atoms in total. The Morgan fingerprint density at radius 1 is 1.00 bits per heavy atom. The van der Waals surface area contributed by atoms with Crippen LogP contribution in [0, 0.1) is 0 Å². The number of hydrogen-bond donors (Lipinski definition) is 2. The average molecular weight is 464 g/mol. The monoisotopic (exact) mass is 463 g/mol. The minimum Gasteiger partial charge on any atom is -0.489 e. The van der Waals surface area contributed by atoms with Gasteiger partial charge in [0.05, 0.1) is 6.54 Å². The van der Waals surface area contributed by atoms with Gasteiger partial charge < -0.3 is 15.0 Å². The molecule has 34 heavy (non-hydrogen) atoms. The number of fused-ring (bicyclic) bond motifs is 1. The van der Waals surface area contributed by atoms with Crippen molar-refractivity contribution in [1.29, 1.82) is 0 Å². The summed E-state index contributed by atoms with van der Waals surface area (Å²) in [6, 6.07) is 13.1. The lowest BCUT2D eigenvalue weighted by atomic mass is 10.0. The number of hydrogen-bond acceptors (Lipinski definition) is 7. The van der Waals surface area contributed by atoms with E-state index in [4.69, 9.17) is 10.6 Å². The molecular weight excluding hydrogens is 434 g/mol. The van der Waals surface area contributed by atoms with E-state index in [2.05, 4.69) is 34.5 Å². The lowest BCUT2D eigenvalue weighted by Crippen LogP contribution is -2.57. The molecule has 0 aromatic heterocycles. The van der Waals surface area contributed by atoms with Gasteiger partial charge in [0.2, 0.25) is 5.91 Å². The van der Waals surface area contributed by atoms with Gasteiger partial charge in [0, 0.05) is 50.3 Å². The molecule has 2 saturated heterocycles. The van der Waals surface area contributed by atoms with Crippen LogP contribution in [-0.2, 0) is 29.3 Å². The first-order valence-electron chi connectivity index (χ1n) is 11.7. The van der Waals surface area contributed by atoms with Gasteiger partial charge in [-0.3, -0.25) is 19.3 Å². The number of benzene rings is 2. The van der Waals surface area contributed by atoms with E-state index in [-0.39, 0.29) is 25.3 Å². The molecule has 3 aliphatic rings. The van der Waals surface area contributed by atoms with Gasteiger partial charge in [-0.15, -0.1) is 0 Å². The van der Waals surface area contributed by atoms with Gasteiger partial charge >= 0.3 is 0 Å². The minimum absolute atomic E-state index is 0.140. The number of nitrogens with one attached hydrogen (secondary N) is 1. The molecule has 5 rings (SSSR count). The summed E-state index contributed by atoms with van der Waals surface area (Å²) in [6.07, 6.45) is 0.419. The van der Waals surface area contributed by atoms with Crippen molar-refractivity contribution in [3.05, 3.63) is 64.7 Å². The molecule has 3 aliphatic heterocycles. The quantitative estimate of drug-likeness (QED) is 0.374. The fourth-order valence-corrected chi connectivity index (χ4v) is 4.82. The van der Waals surface area contributed by atoms with E-state index in [1.807, 2.05) is 6.07 Å². The van der Waals surface area contributed by atoms with Crippen molar-refractivity contribution >= 4 is 17.7 Å². The first-order valence-corrected chi connectivity index (χ1v) is 11.7. The van der Waals surface area contributed by atoms with Crippen molar-refractivity contribution in [2.75, 3.05) is 26.2 Å². The van der Waals surface area contributed by atoms with Gasteiger partial charge in [0.25, 0.3) is 11.8 Å². The predicted octanol–water partition coefficient (Wildman–Crippen LogP) is 1.02. The number of carbonyl (C=O) groups excluding carboxylic acids is 3. The number of nitrogens with zero attached hydrogens (tertiary/aromatic N) is 3. The molecule has 3 N–H and O–H groups in total.